The van der Waals surface area contributed by atoms with Crippen molar-refractivity contribution in [3.05, 3.63) is 64.4 Å². The molecule has 0 aromatic heterocycles. The topological polar surface area (TPSA) is 12.0 Å². The standard InChI is InChI=1S/C17H19ClFNS/c1-3-21-15-7-4-12(5-8-15)17(20-2)11-13-10-14(18)6-9-16(13)19/h4-10,17,20H,3,11H2,1-2H3. The summed E-state index contributed by atoms with van der Waals surface area (Å²) in [6.45, 7) is 2.14. The fourth-order valence-corrected chi connectivity index (χ4v) is 3.13. The number of hydrogen-bond donors (Lipinski definition) is 1. The van der Waals surface area contributed by atoms with Gasteiger partial charge in [-0.15, -0.1) is 11.8 Å². The Morgan fingerprint density at radius 2 is 1.90 bits per heavy atom. The van der Waals surface area contributed by atoms with E-state index in [1.54, 1.807) is 12.1 Å². The van der Waals surface area contributed by atoms with Crippen LogP contribution in [0, 0.1) is 5.82 Å². The van der Waals surface area contributed by atoms with Crippen LogP contribution >= 0.6 is 23.4 Å². The maximum atomic E-state index is 13.9. The molecule has 1 nitrogen and oxygen atoms in total. The number of hydrogen-bond acceptors (Lipinski definition) is 2. The molecule has 21 heavy (non-hydrogen) atoms. The molecule has 2 aromatic carbocycles. The predicted octanol–water partition coefficient (Wildman–Crippen LogP) is 5.09. The van der Waals surface area contributed by atoms with Crippen molar-refractivity contribution in [2.75, 3.05) is 12.8 Å². The van der Waals surface area contributed by atoms with Crippen LogP contribution in [-0.2, 0) is 6.42 Å². The molecule has 0 heterocycles. The second kappa shape index (κ2) is 7.83. The minimum Gasteiger partial charge on any atom is -0.313 e. The van der Waals surface area contributed by atoms with Crippen molar-refractivity contribution < 1.29 is 4.39 Å². The first-order valence-electron chi connectivity index (χ1n) is 6.98. The third-order valence-electron chi connectivity index (χ3n) is 3.37. The Morgan fingerprint density at radius 3 is 2.52 bits per heavy atom. The molecule has 1 unspecified atom stereocenters. The summed E-state index contributed by atoms with van der Waals surface area (Å²) in [6.07, 6.45) is 0.573. The van der Waals surface area contributed by atoms with E-state index < -0.39 is 0 Å². The van der Waals surface area contributed by atoms with Crippen LogP contribution in [0.2, 0.25) is 5.02 Å². The van der Waals surface area contributed by atoms with E-state index in [9.17, 15) is 4.39 Å². The SMILES string of the molecule is CCSc1ccc(C(Cc2cc(Cl)ccc2F)NC)cc1. The Kier molecular flexibility index (Phi) is 6.09. The Balaban J connectivity index is 2.17. The summed E-state index contributed by atoms with van der Waals surface area (Å²) < 4.78 is 13.9. The van der Waals surface area contributed by atoms with E-state index >= 15 is 0 Å². The predicted molar refractivity (Wildman–Crippen MR) is 89.8 cm³/mol. The van der Waals surface area contributed by atoms with Crippen molar-refractivity contribution in [2.24, 2.45) is 0 Å². The van der Waals surface area contributed by atoms with Crippen LogP contribution < -0.4 is 5.32 Å². The second-order valence-electron chi connectivity index (χ2n) is 4.78. The zero-order chi connectivity index (χ0) is 15.2. The van der Waals surface area contributed by atoms with Crippen LogP contribution in [0.5, 0.6) is 0 Å². The van der Waals surface area contributed by atoms with E-state index in [1.807, 2.05) is 18.8 Å². The summed E-state index contributed by atoms with van der Waals surface area (Å²) in [5, 5.41) is 3.81. The van der Waals surface area contributed by atoms with Gasteiger partial charge in [-0.2, -0.15) is 0 Å². The van der Waals surface area contributed by atoms with Gasteiger partial charge in [0.25, 0.3) is 0 Å². The van der Waals surface area contributed by atoms with Gasteiger partial charge in [-0.3, -0.25) is 0 Å². The van der Waals surface area contributed by atoms with Gasteiger partial charge in [0.05, 0.1) is 0 Å². The van der Waals surface area contributed by atoms with Gasteiger partial charge in [-0.05, 0) is 60.7 Å². The molecule has 0 bridgehead atoms. The molecule has 1 atom stereocenters. The third-order valence-corrected chi connectivity index (χ3v) is 4.50. The lowest BCUT2D eigenvalue weighted by Crippen LogP contribution is -2.19. The van der Waals surface area contributed by atoms with Gasteiger partial charge in [0.2, 0.25) is 0 Å². The minimum atomic E-state index is -0.210. The number of nitrogens with one attached hydrogen (secondary N) is 1. The largest absolute Gasteiger partial charge is 0.313 e. The summed E-state index contributed by atoms with van der Waals surface area (Å²) in [5.74, 6) is 0.848. The van der Waals surface area contributed by atoms with E-state index in [0.717, 1.165) is 11.3 Å². The number of rotatable bonds is 6. The maximum Gasteiger partial charge on any atom is 0.126 e. The van der Waals surface area contributed by atoms with Gasteiger partial charge in [-0.25, -0.2) is 4.39 Å². The van der Waals surface area contributed by atoms with Gasteiger partial charge in [0.15, 0.2) is 0 Å². The van der Waals surface area contributed by atoms with Gasteiger partial charge in [-0.1, -0.05) is 30.7 Å². The van der Waals surface area contributed by atoms with Crippen LogP contribution in [0.25, 0.3) is 0 Å². The number of halogens is 2. The van der Waals surface area contributed by atoms with Crippen molar-refractivity contribution in [1.82, 2.24) is 5.32 Å². The fraction of sp³-hybridized carbons (Fsp3) is 0.294. The summed E-state index contributed by atoms with van der Waals surface area (Å²) in [4.78, 5) is 1.25. The van der Waals surface area contributed by atoms with Crippen LogP contribution in [0.15, 0.2) is 47.4 Å². The molecule has 112 valence electrons. The molecule has 0 saturated carbocycles. The van der Waals surface area contributed by atoms with Crippen LogP contribution in [0.1, 0.15) is 24.1 Å². The molecule has 1 N–H and O–H groups in total. The molecule has 0 aliphatic carbocycles. The summed E-state index contributed by atoms with van der Waals surface area (Å²) in [7, 11) is 1.89. The molecule has 0 fully saturated rings. The number of benzene rings is 2. The summed E-state index contributed by atoms with van der Waals surface area (Å²) in [5.41, 5.74) is 1.78. The molecule has 0 radical (unpaired) electrons. The molecule has 0 spiro atoms. The lowest BCUT2D eigenvalue weighted by atomic mass is 9.99. The molecular weight excluding hydrogens is 305 g/mol. The molecule has 2 rings (SSSR count). The van der Waals surface area contributed by atoms with Crippen molar-refractivity contribution in [1.29, 1.82) is 0 Å². The molecule has 0 saturated heterocycles. The first-order chi connectivity index (χ1) is 10.1. The highest BCUT2D eigenvalue weighted by atomic mass is 35.5. The monoisotopic (exact) mass is 323 g/mol. The van der Waals surface area contributed by atoms with E-state index in [2.05, 4.69) is 36.5 Å². The smallest absolute Gasteiger partial charge is 0.126 e. The number of thioether (sulfide) groups is 1. The van der Waals surface area contributed by atoms with Crippen molar-refractivity contribution in [2.45, 2.75) is 24.3 Å². The lowest BCUT2D eigenvalue weighted by molar-refractivity contribution is 0.554. The van der Waals surface area contributed by atoms with Crippen molar-refractivity contribution in [3.8, 4) is 0 Å². The molecule has 0 aliphatic heterocycles. The first kappa shape index (κ1) is 16.3. The quantitative estimate of drug-likeness (QED) is 0.743. The van der Waals surface area contributed by atoms with E-state index in [4.69, 9.17) is 11.6 Å². The Hall–Kier alpha value is -1.03. The molecule has 0 amide bonds. The Morgan fingerprint density at radius 1 is 1.19 bits per heavy atom. The highest BCUT2D eigenvalue weighted by molar-refractivity contribution is 7.99. The molecule has 2 aromatic rings. The Labute approximate surface area is 134 Å². The van der Waals surface area contributed by atoms with Crippen LogP contribution in [-0.4, -0.2) is 12.8 Å². The molecule has 0 aliphatic rings. The first-order valence-corrected chi connectivity index (χ1v) is 8.34. The molecular formula is C17H19ClFNS. The van der Waals surface area contributed by atoms with Crippen LogP contribution in [0.4, 0.5) is 4.39 Å². The third kappa shape index (κ3) is 4.47. The van der Waals surface area contributed by atoms with Gasteiger partial charge >= 0.3 is 0 Å². The lowest BCUT2D eigenvalue weighted by Gasteiger charge is -2.18. The number of likely N-dealkylation sites (N-methyl/N-ethyl adjacent to an activating group) is 1. The second-order valence-corrected chi connectivity index (χ2v) is 6.56. The average molecular weight is 324 g/mol. The Bertz CT molecular complexity index is 586. The fourth-order valence-electron chi connectivity index (χ4n) is 2.27. The molecule has 4 heteroatoms. The van der Waals surface area contributed by atoms with Crippen molar-refractivity contribution in [3.63, 3.8) is 0 Å². The zero-order valence-electron chi connectivity index (χ0n) is 12.2. The van der Waals surface area contributed by atoms with E-state index in [-0.39, 0.29) is 11.9 Å². The van der Waals surface area contributed by atoms with E-state index in [0.29, 0.717) is 17.0 Å². The van der Waals surface area contributed by atoms with Crippen molar-refractivity contribution >= 4 is 23.4 Å². The van der Waals surface area contributed by atoms with E-state index in [1.165, 1.54) is 11.0 Å². The van der Waals surface area contributed by atoms with Gasteiger partial charge < -0.3 is 5.32 Å². The van der Waals surface area contributed by atoms with Crippen LogP contribution in [0.3, 0.4) is 0 Å². The maximum absolute atomic E-state index is 13.9. The highest BCUT2D eigenvalue weighted by Gasteiger charge is 2.13. The summed E-state index contributed by atoms with van der Waals surface area (Å²) >= 11 is 7.77. The minimum absolute atomic E-state index is 0.0682. The average Bonchev–Trinajstić information content (AvgIpc) is 2.49. The van der Waals surface area contributed by atoms with Gasteiger partial charge in [0.1, 0.15) is 5.82 Å². The zero-order valence-corrected chi connectivity index (χ0v) is 13.8. The normalized spacial score (nSPS) is 12.4. The van der Waals surface area contributed by atoms with Gasteiger partial charge in [0, 0.05) is 16.0 Å². The summed E-state index contributed by atoms with van der Waals surface area (Å²) in [6, 6.07) is 13.2. The highest BCUT2D eigenvalue weighted by Crippen LogP contribution is 2.25.